The first-order chi connectivity index (χ1) is 10.0. The lowest BCUT2D eigenvalue weighted by Crippen LogP contribution is -2.14. The number of fused-ring (bicyclic) bond motifs is 1. The molecule has 0 aliphatic carbocycles. The Morgan fingerprint density at radius 2 is 2.00 bits per heavy atom. The van der Waals surface area contributed by atoms with E-state index in [0.29, 0.717) is 12.4 Å². The van der Waals surface area contributed by atoms with Crippen LogP contribution in [0.1, 0.15) is 16.3 Å². The second-order valence-corrected chi connectivity index (χ2v) is 7.29. The highest BCUT2D eigenvalue weighted by Crippen LogP contribution is 2.25. The molecule has 21 heavy (non-hydrogen) atoms. The highest BCUT2D eigenvalue weighted by atomic mass is 127. The summed E-state index contributed by atoms with van der Waals surface area (Å²) in [5, 5.41) is 3.99. The van der Waals surface area contributed by atoms with Crippen LogP contribution in [0.3, 0.4) is 0 Å². The Balaban J connectivity index is 1.88. The molecule has 1 aromatic carbocycles. The molecule has 0 radical (unpaired) electrons. The van der Waals surface area contributed by atoms with Gasteiger partial charge in [0, 0.05) is 14.1 Å². The molecule has 0 unspecified atom stereocenters. The second-order valence-electron chi connectivity index (χ2n) is 4.84. The minimum absolute atomic E-state index is 0.0544. The first-order valence-electron chi connectivity index (χ1n) is 6.53. The van der Waals surface area contributed by atoms with E-state index in [-0.39, 0.29) is 5.56 Å². The minimum Gasteiger partial charge on any atom is -0.378 e. The third-order valence-electron chi connectivity index (χ3n) is 3.39. The zero-order valence-corrected chi connectivity index (χ0v) is 14.6. The number of nitrogens with zero attached hydrogens (tertiary/aromatic N) is 1. The average molecular weight is 411 g/mol. The number of H-pyrrole nitrogens is 1. The van der Waals surface area contributed by atoms with E-state index in [0.717, 1.165) is 26.3 Å². The number of aromatic amines is 1. The number of aromatic nitrogens is 2. The van der Waals surface area contributed by atoms with Gasteiger partial charge in [-0.05, 0) is 66.3 Å². The van der Waals surface area contributed by atoms with E-state index in [2.05, 4.69) is 37.9 Å². The van der Waals surface area contributed by atoms with Crippen molar-refractivity contribution in [3.8, 4) is 0 Å². The van der Waals surface area contributed by atoms with Crippen LogP contribution in [0.15, 0.2) is 29.1 Å². The molecule has 2 heterocycles. The number of halogens is 1. The zero-order valence-electron chi connectivity index (χ0n) is 11.7. The summed E-state index contributed by atoms with van der Waals surface area (Å²) in [5.41, 5.74) is 1.99. The van der Waals surface area contributed by atoms with Gasteiger partial charge in [-0.25, -0.2) is 4.98 Å². The fourth-order valence-corrected chi connectivity index (χ4v) is 3.54. The predicted octanol–water partition coefficient (Wildman–Crippen LogP) is 3.82. The molecule has 108 valence electrons. The lowest BCUT2D eigenvalue weighted by atomic mass is 10.2. The Morgan fingerprint density at radius 3 is 2.71 bits per heavy atom. The Bertz CT molecular complexity index is 852. The highest BCUT2D eigenvalue weighted by Gasteiger charge is 2.11. The molecule has 0 bridgehead atoms. The van der Waals surface area contributed by atoms with Crippen molar-refractivity contribution >= 4 is 49.8 Å². The fourth-order valence-electron chi connectivity index (χ4n) is 2.14. The van der Waals surface area contributed by atoms with Gasteiger partial charge in [0.25, 0.3) is 5.56 Å². The number of hydrogen-bond acceptors (Lipinski definition) is 4. The lowest BCUT2D eigenvalue weighted by Gasteiger charge is -2.06. The van der Waals surface area contributed by atoms with Crippen LogP contribution in [0.4, 0.5) is 5.69 Å². The Labute approximate surface area is 139 Å². The largest absolute Gasteiger partial charge is 0.378 e. The second kappa shape index (κ2) is 5.76. The lowest BCUT2D eigenvalue weighted by molar-refractivity contribution is 0.956. The standard InChI is InChI=1S/C15H14IN3OS/c1-8-9(2)21-15-13(8)14(20)18-12(19-15)7-17-11-5-3-10(16)4-6-11/h3-6,17H,7H2,1-2H3,(H,18,19,20). The number of anilines is 1. The SMILES string of the molecule is Cc1sc2nc(CNc3ccc(I)cc3)[nH]c(=O)c2c1C. The topological polar surface area (TPSA) is 57.8 Å². The van der Waals surface area contributed by atoms with E-state index in [4.69, 9.17) is 0 Å². The molecule has 2 N–H and O–H groups in total. The number of benzene rings is 1. The van der Waals surface area contributed by atoms with Crippen molar-refractivity contribution in [2.45, 2.75) is 20.4 Å². The maximum Gasteiger partial charge on any atom is 0.259 e. The quantitative estimate of drug-likeness (QED) is 0.645. The van der Waals surface area contributed by atoms with Gasteiger partial charge in [0.2, 0.25) is 0 Å². The molecule has 0 aliphatic rings. The van der Waals surface area contributed by atoms with E-state index in [1.165, 1.54) is 3.57 Å². The molecule has 0 spiro atoms. The van der Waals surface area contributed by atoms with Crippen molar-refractivity contribution in [2.75, 3.05) is 5.32 Å². The van der Waals surface area contributed by atoms with E-state index in [1.54, 1.807) is 11.3 Å². The van der Waals surface area contributed by atoms with E-state index < -0.39 is 0 Å². The number of aryl methyl sites for hydroxylation is 2. The maximum atomic E-state index is 12.2. The van der Waals surface area contributed by atoms with Crippen LogP contribution >= 0.6 is 33.9 Å². The van der Waals surface area contributed by atoms with Gasteiger partial charge in [0.15, 0.2) is 0 Å². The van der Waals surface area contributed by atoms with Gasteiger partial charge in [-0.3, -0.25) is 4.79 Å². The molecule has 0 atom stereocenters. The number of nitrogens with one attached hydrogen (secondary N) is 2. The summed E-state index contributed by atoms with van der Waals surface area (Å²) in [6, 6.07) is 8.10. The average Bonchev–Trinajstić information content (AvgIpc) is 2.74. The van der Waals surface area contributed by atoms with Crippen LogP contribution in [0.25, 0.3) is 10.2 Å². The molecule has 2 aromatic heterocycles. The van der Waals surface area contributed by atoms with Gasteiger partial charge in [0.05, 0.1) is 11.9 Å². The first-order valence-corrected chi connectivity index (χ1v) is 8.42. The maximum absolute atomic E-state index is 12.2. The van der Waals surface area contributed by atoms with Crippen molar-refractivity contribution in [2.24, 2.45) is 0 Å². The Hall–Kier alpha value is -1.41. The van der Waals surface area contributed by atoms with Crippen molar-refractivity contribution in [3.63, 3.8) is 0 Å². The summed E-state index contributed by atoms with van der Waals surface area (Å²) >= 11 is 3.84. The molecule has 6 heteroatoms. The smallest absolute Gasteiger partial charge is 0.259 e. The summed E-state index contributed by atoms with van der Waals surface area (Å²) in [7, 11) is 0. The highest BCUT2D eigenvalue weighted by molar-refractivity contribution is 14.1. The van der Waals surface area contributed by atoms with Crippen molar-refractivity contribution < 1.29 is 0 Å². The molecular formula is C15H14IN3OS. The van der Waals surface area contributed by atoms with Crippen molar-refractivity contribution in [1.29, 1.82) is 0 Å². The third-order valence-corrected chi connectivity index (χ3v) is 5.21. The van der Waals surface area contributed by atoms with Gasteiger partial charge < -0.3 is 10.3 Å². The van der Waals surface area contributed by atoms with E-state index in [9.17, 15) is 4.79 Å². The van der Waals surface area contributed by atoms with Crippen LogP contribution in [-0.2, 0) is 6.54 Å². The van der Waals surface area contributed by atoms with Gasteiger partial charge >= 0.3 is 0 Å². The Morgan fingerprint density at radius 1 is 1.29 bits per heavy atom. The Kier molecular flexibility index (Phi) is 3.99. The normalized spacial score (nSPS) is 11.0. The number of thiophene rings is 1. The molecule has 0 amide bonds. The molecule has 0 aliphatic heterocycles. The molecule has 4 nitrogen and oxygen atoms in total. The van der Waals surface area contributed by atoms with Crippen LogP contribution in [-0.4, -0.2) is 9.97 Å². The fraction of sp³-hybridized carbons (Fsp3) is 0.200. The van der Waals surface area contributed by atoms with Gasteiger partial charge in [-0.1, -0.05) is 0 Å². The van der Waals surface area contributed by atoms with Gasteiger partial charge in [-0.2, -0.15) is 0 Å². The predicted molar refractivity (Wildman–Crippen MR) is 96.2 cm³/mol. The third kappa shape index (κ3) is 2.96. The first kappa shape index (κ1) is 14.5. The van der Waals surface area contributed by atoms with Crippen LogP contribution in [0, 0.1) is 17.4 Å². The van der Waals surface area contributed by atoms with E-state index in [1.807, 2.05) is 38.1 Å². The van der Waals surface area contributed by atoms with Crippen molar-refractivity contribution in [3.05, 3.63) is 54.5 Å². The molecule has 3 aromatic rings. The minimum atomic E-state index is -0.0544. The summed E-state index contributed by atoms with van der Waals surface area (Å²) in [6.45, 7) is 4.49. The monoisotopic (exact) mass is 411 g/mol. The zero-order chi connectivity index (χ0) is 15.0. The molecule has 0 saturated carbocycles. The van der Waals surface area contributed by atoms with Gasteiger partial charge in [0.1, 0.15) is 10.7 Å². The summed E-state index contributed by atoms with van der Waals surface area (Å²) < 4.78 is 1.19. The van der Waals surface area contributed by atoms with E-state index >= 15 is 0 Å². The van der Waals surface area contributed by atoms with Crippen LogP contribution < -0.4 is 10.9 Å². The number of hydrogen-bond donors (Lipinski definition) is 2. The number of rotatable bonds is 3. The van der Waals surface area contributed by atoms with Crippen LogP contribution in [0.5, 0.6) is 0 Å². The van der Waals surface area contributed by atoms with Gasteiger partial charge in [-0.15, -0.1) is 11.3 Å². The molecule has 3 rings (SSSR count). The van der Waals surface area contributed by atoms with Crippen LogP contribution in [0.2, 0.25) is 0 Å². The molecule has 0 saturated heterocycles. The molecular weight excluding hydrogens is 397 g/mol. The molecule has 0 fully saturated rings. The summed E-state index contributed by atoms with van der Waals surface area (Å²) in [5.74, 6) is 0.660. The summed E-state index contributed by atoms with van der Waals surface area (Å²) in [6.07, 6.45) is 0. The summed E-state index contributed by atoms with van der Waals surface area (Å²) in [4.78, 5) is 21.5. The van der Waals surface area contributed by atoms with Crippen molar-refractivity contribution in [1.82, 2.24) is 9.97 Å².